The van der Waals surface area contributed by atoms with E-state index in [4.69, 9.17) is 5.73 Å². The molecule has 0 bridgehead atoms. The number of primary amides is 1. The predicted octanol–water partition coefficient (Wildman–Crippen LogP) is 2.82. The van der Waals surface area contributed by atoms with Crippen LogP contribution in [0.3, 0.4) is 0 Å². The standard InChI is InChI=1S/C30H38N2O7S/c1-12(2)14-7-15(17-9-32-11-40-17)22(33)18-16(14)8-28(5)10-29(6)20(13(3)4)24(35)19(27(31)38)25(36)30(29,39)26(37)21(28)23(18)34/h7,9,11-13,19-21,24,26,33,35,37,39H,8,10H2,1-6H3,(H2,31,38)/t19-,20+,21-,24?,26?,28-,29-,30+/m1/s1. The molecule has 3 aliphatic rings. The molecule has 8 atom stereocenters. The molecule has 216 valence electrons. The zero-order valence-electron chi connectivity index (χ0n) is 23.6. The molecule has 3 aliphatic carbocycles. The van der Waals surface area contributed by atoms with Gasteiger partial charge >= 0.3 is 0 Å². The highest BCUT2D eigenvalue weighted by Crippen LogP contribution is 2.66. The van der Waals surface area contributed by atoms with Crippen LogP contribution in [0.25, 0.3) is 10.4 Å². The number of amides is 1. The van der Waals surface area contributed by atoms with E-state index in [9.17, 15) is 34.8 Å². The minimum absolute atomic E-state index is 0.00724. The van der Waals surface area contributed by atoms with Gasteiger partial charge < -0.3 is 26.2 Å². The summed E-state index contributed by atoms with van der Waals surface area (Å²) in [6.07, 6.45) is -1.31. The Morgan fingerprint density at radius 3 is 2.35 bits per heavy atom. The van der Waals surface area contributed by atoms with Gasteiger partial charge in [0.15, 0.2) is 17.2 Å². The molecule has 2 aromatic rings. The molecule has 10 heteroatoms. The van der Waals surface area contributed by atoms with Crippen LogP contribution in [0.5, 0.6) is 5.75 Å². The Kier molecular flexibility index (Phi) is 6.62. The molecule has 1 heterocycles. The molecule has 2 fully saturated rings. The van der Waals surface area contributed by atoms with Gasteiger partial charge in [-0.2, -0.15) is 0 Å². The van der Waals surface area contributed by atoms with Gasteiger partial charge in [0.05, 0.1) is 28.0 Å². The van der Waals surface area contributed by atoms with Crippen LogP contribution >= 0.6 is 11.3 Å². The van der Waals surface area contributed by atoms with E-state index in [0.29, 0.717) is 22.4 Å². The highest BCUT2D eigenvalue weighted by atomic mass is 32.1. The molecule has 1 aromatic heterocycles. The van der Waals surface area contributed by atoms with Crippen LogP contribution in [0.4, 0.5) is 0 Å². The minimum atomic E-state index is -2.52. The number of thiazole rings is 1. The van der Waals surface area contributed by atoms with Crippen molar-refractivity contribution in [1.29, 1.82) is 0 Å². The number of nitrogens with two attached hydrogens (primary N) is 1. The van der Waals surface area contributed by atoms with Crippen LogP contribution in [0.2, 0.25) is 0 Å². The van der Waals surface area contributed by atoms with Crippen molar-refractivity contribution in [3.63, 3.8) is 0 Å². The third kappa shape index (κ3) is 3.55. The molecule has 2 saturated carbocycles. The number of carbonyl (C=O) groups is 3. The lowest BCUT2D eigenvalue weighted by Gasteiger charge is -2.66. The molecule has 0 radical (unpaired) electrons. The summed E-state index contributed by atoms with van der Waals surface area (Å²) < 4.78 is 0. The van der Waals surface area contributed by atoms with Crippen LogP contribution in [0, 0.1) is 34.5 Å². The number of rotatable bonds is 4. The fourth-order valence-electron chi connectivity index (χ4n) is 8.68. The highest BCUT2D eigenvalue weighted by molar-refractivity contribution is 7.13. The molecule has 1 aromatic carbocycles. The molecule has 0 saturated heterocycles. The van der Waals surface area contributed by atoms with E-state index in [1.807, 2.05) is 40.7 Å². The zero-order chi connectivity index (χ0) is 29.7. The van der Waals surface area contributed by atoms with E-state index in [2.05, 4.69) is 4.98 Å². The van der Waals surface area contributed by atoms with Gasteiger partial charge in [-0.25, -0.2) is 0 Å². The van der Waals surface area contributed by atoms with Crippen molar-refractivity contribution >= 4 is 28.8 Å². The fourth-order valence-corrected chi connectivity index (χ4v) is 9.32. The monoisotopic (exact) mass is 570 g/mol. The van der Waals surface area contributed by atoms with Crippen LogP contribution < -0.4 is 5.73 Å². The van der Waals surface area contributed by atoms with E-state index in [1.54, 1.807) is 18.6 Å². The summed E-state index contributed by atoms with van der Waals surface area (Å²) >= 11 is 1.32. The first-order valence-electron chi connectivity index (χ1n) is 13.8. The molecule has 0 aliphatic heterocycles. The maximum Gasteiger partial charge on any atom is 0.230 e. The Morgan fingerprint density at radius 2 is 1.82 bits per heavy atom. The molecule has 1 amide bonds. The maximum atomic E-state index is 14.4. The van der Waals surface area contributed by atoms with Gasteiger partial charge in [0.2, 0.25) is 5.91 Å². The second kappa shape index (κ2) is 9.17. The van der Waals surface area contributed by atoms with Gasteiger partial charge in [0.1, 0.15) is 17.8 Å². The number of benzene rings is 1. The summed E-state index contributed by atoms with van der Waals surface area (Å²) in [6, 6.07) is 1.89. The lowest BCUT2D eigenvalue weighted by Crippen LogP contribution is -2.79. The third-order valence-corrected chi connectivity index (χ3v) is 10.9. The fraction of sp³-hybridized carbons (Fsp3) is 0.600. The van der Waals surface area contributed by atoms with Gasteiger partial charge in [0.25, 0.3) is 0 Å². The van der Waals surface area contributed by atoms with E-state index < -0.39 is 63.9 Å². The first kappa shape index (κ1) is 28.9. The minimum Gasteiger partial charge on any atom is -0.506 e. The van der Waals surface area contributed by atoms with Crippen molar-refractivity contribution in [3.8, 4) is 16.2 Å². The number of ketones is 2. The Hall–Kier alpha value is -2.66. The number of aliphatic hydroxyl groups excluding tert-OH is 2. The first-order chi connectivity index (χ1) is 18.5. The summed E-state index contributed by atoms with van der Waals surface area (Å²) in [6.45, 7) is 11.2. The van der Waals surface area contributed by atoms with Crippen molar-refractivity contribution in [2.75, 3.05) is 0 Å². The van der Waals surface area contributed by atoms with Crippen molar-refractivity contribution in [2.45, 2.75) is 78.1 Å². The lowest BCUT2D eigenvalue weighted by molar-refractivity contribution is -0.265. The van der Waals surface area contributed by atoms with Crippen molar-refractivity contribution in [3.05, 3.63) is 34.5 Å². The number of fused-ring (bicyclic) bond motifs is 3. The third-order valence-electron chi connectivity index (χ3n) is 10.1. The Balaban J connectivity index is 1.76. The molecular formula is C30H38N2O7S. The van der Waals surface area contributed by atoms with Crippen LogP contribution in [0.15, 0.2) is 17.8 Å². The second-order valence-electron chi connectivity index (χ2n) is 13.2. The number of hydrogen-bond donors (Lipinski definition) is 5. The number of aromatic nitrogens is 1. The van der Waals surface area contributed by atoms with Crippen molar-refractivity contribution in [1.82, 2.24) is 4.98 Å². The van der Waals surface area contributed by atoms with Crippen LogP contribution in [-0.2, 0) is 16.0 Å². The number of aliphatic hydroxyl groups is 3. The SMILES string of the molecule is CC(C)c1cc(-c2cncs2)c(O)c2c1C[C@]1(C)C[C@]3(C)[C@@H](C(C)C)C(O)[C@@H](C(N)=O)C(=O)[C@]3(O)C(O)[C@H]1C2=O. The number of hydrogen-bond acceptors (Lipinski definition) is 9. The van der Waals surface area contributed by atoms with Gasteiger partial charge in [-0.05, 0) is 53.2 Å². The molecule has 40 heavy (non-hydrogen) atoms. The smallest absolute Gasteiger partial charge is 0.230 e. The Labute approximate surface area is 237 Å². The van der Waals surface area contributed by atoms with E-state index >= 15 is 0 Å². The second-order valence-corrected chi connectivity index (χ2v) is 14.1. The molecule has 9 nitrogen and oxygen atoms in total. The molecule has 0 spiro atoms. The van der Waals surface area contributed by atoms with Crippen LogP contribution in [0.1, 0.15) is 75.4 Å². The lowest BCUT2D eigenvalue weighted by atomic mass is 9.39. The number of nitrogens with zero attached hydrogens (tertiary/aromatic N) is 1. The molecule has 5 rings (SSSR count). The Bertz CT molecular complexity index is 1410. The van der Waals surface area contributed by atoms with Gasteiger partial charge in [-0.3, -0.25) is 19.4 Å². The van der Waals surface area contributed by atoms with Crippen molar-refractivity contribution in [2.24, 2.45) is 40.2 Å². The first-order valence-corrected chi connectivity index (χ1v) is 14.6. The van der Waals surface area contributed by atoms with E-state index in [1.165, 1.54) is 11.3 Å². The van der Waals surface area contributed by atoms with E-state index in [-0.39, 0.29) is 29.6 Å². The largest absolute Gasteiger partial charge is 0.506 e. The summed E-state index contributed by atoms with van der Waals surface area (Å²) in [5.41, 5.74) is 4.45. The number of carbonyl (C=O) groups excluding carboxylic acids is 3. The summed E-state index contributed by atoms with van der Waals surface area (Å²) in [7, 11) is 0. The average molecular weight is 571 g/mol. The van der Waals surface area contributed by atoms with Gasteiger partial charge in [-0.1, -0.05) is 41.5 Å². The topological polar surface area (TPSA) is 171 Å². The number of Topliss-reactive ketones (excluding diaryl/α,β-unsaturated/α-hetero) is 2. The average Bonchev–Trinajstić information content (AvgIpc) is 3.35. The summed E-state index contributed by atoms with van der Waals surface area (Å²) in [5, 5.41) is 46.9. The quantitative estimate of drug-likeness (QED) is 0.349. The zero-order valence-corrected chi connectivity index (χ0v) is 24.5. The maximum absolute atomic E-state index is 14.4. The number of phenols is 1. The van der Waals surface area contributed by atoms with E-state index in [0.717, 1.165) is 5.56 Å². The summed E-state index contributed by atoms with van der Waals surface area (Å²) in [4.78, 5) is 45.4. The molecular weight excluding hydrogens is 532 g/mol. The molecule has 2 unspecified atom stereocenters. The number of aromatic hydroxyl groups is 1. The Morgan fingerprint density at radius 1 is 1.18 bits per heavy atom. The normalized spacial score (nSPS) is 37.3. The number of phenolic OH excluding ortho intramolecular Hbond substituents is 1. The van der Waals surface area contributed by atoms with Gasteiger partial charge in [0, 0.05) is 17.2 Å². The highest BCUT2D eigenvalue weighted by Gasteiger charge is 2.76. The predicted molar refractivity (Wildman–Crippen MR) is 149 cm³/mol. The van der Waals surface area contributed by atoms with Crippen molar-refractivity contribution < 1.29 is 34.8 Å². The molecule has 6 N–H and O–H groups in total. The summed E-state index contributed by atoms with van der Waals surface area (Å²) in [5.74, 6) is -6.97. The van der Waals surface area contributed by atoms with Gasteiger partial charge in [-0.15, -0.1) is 11.3 Å². The van der Waals surface area contributed by atoms with Crippen LogP contribution in [-0.4, -0.2) is 60.7 Å².